The number of hydrogen-bond acceptors (Lipinski definition) is 2. The van der Waals surface area contributed by atoms with Crippen molar-refractivity contribution in [3.05, 3.63) is 12.7 Å². The van der Waals surface area contributed by atoms with Crippen LogP contribution < -0.4 is 11.1 Å². The molecule has 0 atom stereocenters. The maximum absolute atomic E-state index is 12.2. The second-order valence-electron chi connectivity index (χ2n) is 5.06. The molecule has 7 heteroatoms. The molecule has 3 N–H and O–H groups in total. The summed E-state index contributed by atoms with van der Waals surface area (Å²) in [7, 11) is 0. The third-order valence-electron chi connectivity index (χ3n) is 3.36. The van der Waals surface area contributed by atoms with Crippen molar-refractivity contribution in [2.75, 3.05) is 32.7 Å². The fraction of sp³-hybridized carbons (Fsp3) is 0.769. The first kappa shape index (κ1) is 16.8. The van der Waals surface area contributed by atoms with Crippen LogP contribution in [0.1, 0.15) is 19.3 Å². The summed E-state index contributed by atoms with van der Waals surface area (Å²) in [5.74, 6) is 0.829. The largest absolute Gasteiger partial charge is 0.401 e. The second kappa shape index (κ2) is 8.14. The van der Waals surface area contributed by atoms with Crippen LogP contribution in [0.4, 0.5) is 13.2 Å². The molecule has 0 aromatic heterocycles. The van der Waals surface area contributed by atoms with Gasteiger partial charge in [-0.15, -0.1) is 6.58 Å². The van der Waals surface area contributed by atoms with Gasteiger partial charge >= 0.3 is 6.18 Å². The zero-order chi connectivity index (χ0) is 15.0. The minimum atomic E-state index is -4.09. The number of nitrogens with two attached hydrogens (primary N) is 1. The lowest BCUT2D eigenvalue weighted by molar-refractivity contribution is -0.148. The molecule has 4 nitrogen and oxygen atoms in total. The van der Waals surface area contributed by atoms with E-state index in [1.54, 1.807) is 6.08 Å². The van der Waals surface area contributed by atoms with Gasteiger partial charge in [-0.2, -0.15) is 13.2 Å². The third kappa shape index (κ3) is 7.37. The third-order valence-corrected chi connectivity index (χ3v) is 3.36. The summed E-state index contributed by atoms with van der Waals surface area (Å²) in [6.45, 7) is 4.98. The van der Waals surface area contributed by atoms with Crippen LogP contribution in [0.25, 0.3) is 0 Å². The highest BCUT2D eigenvalue weighted by Crippen LogP contribution is 2.24. The van der Waals surface area contributed by atoms with Crippen molar-refractivity contribution in [3.8, 4) is 0 Å². The number of nitrogens with zero attached hydrogens (tertiary/aromatic N) is 2. The quantitative estimate of drug-likeness (QED) is 0.445. The predicted molar refractivity (Wildman–Crippen MR) is 74.5 cm³/mol. The van der Waals surface area contributed by atoms with E-state index >= 15 is 0 Å². The van der Waals surface area contributed by atoms with Gasteiger partial charge < -0.3 is 11.1 Å². The van der Waals surface area contributed by atoms with Crippen LogP contribution >= 0.6 is 0 Å². The number of piperidine rings is 1. The van der Waals surface area contributed by atoms with Gasteiger partial charge in [-0.05, 0) is 38.3 Å². The zero-order valence-corrected chi connectivity index (χ0v) is 11.6. The lowest BCUT2D eigenvalue weighted by Crippen LogP contribution is -2.40. The molecule has 0 aromatic rings. The van der Waals surface area contributed by atoms with Crippen LogP contribution in [0.15, 0.2) is 17.6 Å². The SMILES string of the molecule is C=CCNC(N)=NCCC1CCN(CC(F)(F)F)CC1. The Labute approximate surface area is 117 Å². The van der Waals surface area contributed by atoms with Crippen molar-refractivity contribution < 1.29 is 13.2 Å². The summed E-state index contributed by atoms with van der Waals surface area (Å²) in [6.07, 6.45) is 0.0642. The van der Waals surface area contributed by atoms with Crippen molar-refractivity contribution in [1.29, 1.82) is 0 Å². The molecule has 0 radical (unpaired) electrons. The van der Waals surface area contributed by atoms with E-state index in [0.29, 0.717) is 38.1 Å². The van der Waals surface area contributed by atoms with Crippen molar-refractivity contribution in [1.82, 2.24) is 10.2 Å². The lowest BCUT2D eigenvalue weighted by Gasteiger charge is -2.32. The molecule has 20 heavy (non-hydrogen) atoms. The lowest BCUT2D eigenvalue weighted by atomic mass is 9.93. The molecule has 1 rings (SSSR count). The number of rotatable bonds is 6. The number of alkyl halides is 3. The van der Waals surface area contributed by atoms with Gasteiger partial charge in [0.15, 0.2) is 5.96 Å². The van der Waals surface area contributed by atoms with Gasteiger partial charge in [-0.25, -0.2) is 0 Å². The van der Waals surface area contributed by atoms with E-state index in [4.69, 9.17) is 5.73 Å². The highest BCUT2D eigenvalue weighted by molar-refractivity contribution is 5.77. The average molecular weight is 292 g/mol. The molecule has 0 spiro atoms. The molecule has 0 aliphatic carbocycles. The molecule has 0 saturated carbocycles. The van der Waals surface area contributed by atoms with Gasteiger partial charge in [0.2, 0.25) is 0 Å². The normalized spacial score (nSPS) is 19.1. The van der Waals surface area contributed by atoms with Crippen molar-refractivity contribution in [2.24, 2.45) is 16.6 Å². The Morgan fingerprint density at radius 2 is 2.05 bits per heavy atom. The number of likely N-dealkylation sites (tertiary alicyclic amines) is 1. The van der Waals surface area contributed by atoms with Crippen LogP contribution in [0.5, 0.6) is 0 Å². The van der Waals surface area contributed by atoms with Crippen molar-refractivity contribution in [3.63, 3.8) is 0 Å². The standard InChI is InChI=1S/C13H23F3N4/c1-2-6-18-12(17)19-7-3-11-4-8-20(9-5-11)10-13(14,15)16/h2,11H,1,3-10H2,(H3,17,18,19). The maximum Gasteiger partial charge on any atom is 0.401 e. The zero-order valence-electron chi connectivity index (χ0n) is 11.6. The van der Waals surface area contributed by atoms with E-state index in [1.807, 2.05) is 0 Å². The van der Waals surface area contributed by atoms with E-state index in [1.165, 1.54) is 4.90 Å². The highest BCUT2D eigenvalue weighted by Gasteiger charge is 2.32. The molecular formula is C13H23F3N4. The van der Waals surface area contributed by atoms with E-state index in [0.717, 1.165) is 19.3 Å². The number of halogens is 3. The summed E-state index contributed by atoms with van der Waals surface area (Å²) in [5.41, 5.74) is 5.62. The summed E-state index contributed by atoms with van der Waals surface area (Å²) in [5, 5.41) is 2.88. The Morgan fingerprint density at radius 1 is 1.40 bits per heavy atom. The summed E-state index contributed by atoms with van der Waals surface area (Å²) in [4.78, 5) is 5.65. The molecule has 0 amide bonds. The van der Waals surface area contributed by atoms with Gasteiger partial charge in [0.05, 0.1) is 6.54 Å². The molecule has 1 saturated heterocycles. The molecule has 1 aliphatic rings. The van der Waals surface area contributed by atoms with E-state index in [2.05, 4.69) is 16.9 Å². The van der Waals surface area contributed by atoms with Crippen molar-refractivity contribution >= 4 is 5.96 Å². The highest BCUT2D eigenvalue weighted by atomic mass is 19.4. The van der Waals surface area contributed by atoms with Crippen LogP contribution in [-0.4, -0.2) is 49.8 Å². The fourth-order valence-electron chi connectivity index (χ4n) is 2.29. The maximum atomic E-state index is 12.2. The molecule has 1 aliphatic heterocycles. The summed E-state index contributed by atoms with van der Waals surface area (Å²) >= 11 is 0. The summed E-state index contributed by atoms with van der Waals surface area (Å²) < 4.78 is 36.7. The molecule has 1 heterocycles. The predicted octanol–water partition coefficient (Wildman–Crippen LogP) is 1.74. The van der Waals surface area contributed by atoms with Crippen LogP contribution in [-0.2, 0) is 0 Å². The molecule has 0 bridgehead atoms. The molecule has 0 unspecified atom stereocenters. The number of hydrogen-bond donors (Lipinski definition) is 2. The Bertz CT molecular complexity index is 320. The first-order chi connectivity index (χ1) is 9.40. The molecule has 0 aromatic carbocycles. The molecule has 1 fully saturated rings. The van der Waals surface area contributed by atoms with E-state index in [-0.39, 0.29) is 0 Å². The molecular weight excluding hydrogens is 269 g/mol. The van der Waals surface area contributed by atoms with Crippen LogP contribution in [0.2, 0.25) is 0 Å². The van der Waals surface area contributed by atoms with Crippen molar-refractivity contribution in [2.45, 2.75) is 25.4 Å². The first-order valence-corrected chi connectivity index (χ1v) is 6.84. The fourth-order valence-corrected chi connectivity index (χ4v) is 2.29. The van der Waals surface area contributed by atoms with Crippen LogP contribution in [0.3, 0.4) is 0 Å². The Morgan fingerprint density at radius 3 is 2.60 bits per heavy atom. The van der Waals surface area contributed by atoms with E-state index < -0.39 is 12.7 Å². The van der Waals surface area contributed by atoms with Gasteiger partial charge in [-0.1, -0.05) is 6.08 Å². The minimum Gasteiger partial charge on any atom is -0.370 e. The first-order valence-electron chi connectivity index (χ1n) is 6.84. The average Bonchev–Trinajstić information content (AvgIpc) is 2.37. The smallest absolute Gasteiger partial charge is 0.370 e. The number of nitrogens with one attached hydrogen (secondary N) is 1. The monoisotopic (exact) mass is 292 g/mol. The number of aliphatic imine (C=N–C) groups is 1. The van der Waals surface area contributed by atoms with Gasteiger partial charge in [0, 0.05) is 13.1 Å². The van der Waals surface area contributed by atoms with Gasteiger partial charge in [-0.3, -0.25) is 9.89 Å². The van der Waals surface area contributed by atoms with E-state index in [9.17, 15) is 13.2 Å². The number of guanidine groups is 1. The van der Waals surface area contributed by atoms with Gasteiger partial charge in [0.25, 0.3) is 0 Å². The Kier molecular flexibility index (Phi) is 6.84. The second-order valence-corrected chi connectivity index (χ2v) is 5.06. The van der Waals surface area contributed by atoms with Gasteiger partial charge in [0.1, 0.15) is 0 Å². The Hall–Kier alpha value is -1.24. The molecule has 116 valence electrons. The topological polar surface area (TPSA) is 53.6 Å². The van der Waals surface area contributed by atoms with Crippen LogP contribution in [0, 0.1) is 5.92 Å². The minimum absolute atomic E-state index is 0.388. The Balaban J connectivity index is 2.18. The summed E-state index contributed by atoms with van der Waals surface area (Å²) in [6, 6.07) is 0.